The van der Waals surface area contributed by atoms with Crippen LogP contribution in [0, 0.1) is 5.92 Å². The van der Waals surface area contributed by atoms with Gasteiger partial charge in [0.2, 0.25) is 0 Å². The molecule has 1 aromatic carbocycles. The molecule has 3 heteroatoms. The number of hydrogen-bond donors (Lipinski definition) is 1. The van der Waals surface area contributed by atoms with Crippen LogP contribution < -0.4 is 5.32 Å². The van der Waals surface area contributed by atoms with Crippen molar-refractivity contribution in [2.24, 2.45) is 5.92 Å². The lowest BCUT2D eigenvalue weighted by Crippen LogP contribution is -2.15. The zero-order valence-electron chi connectivity index (χ0n) is 8.60. The Morgan fingerprint density at radius 1 is 1.40 bits per heavy atom. The molecule has 0 unspecified atom stereocenters. The van der Waals surface area contributed by atoms with E-state index < -0.39 is 0 Å². The molecule has 15 heavy (non-hydrogen) atoms. The van der Waals surface area contributed by atoms with E-state index in [1.807, 2.05) is 12.1 Å². The minimum Gasteiger partial charge on any atom is -0.313 e. The smallest absolute Gasteiger partial charge is 0.0462 e. The molecule has 1 saturated carbocycles. The van der Waals surface area contributed by atoms with Crippen LogP contribution in [0.3, 0.4) is 0 Å². The lowest BCUT2D eigenvalue weighted by atomic mass is 10.2. The quantitative estimate of drug-likeness (QED) is 0.808. The van der Waals surface area contributed by atoms with Crippen molar-refractivity contribution in [1.82, 2.24) is 5.32 Å². The maximum atomic E-state index is 6.11. The largest absolute Gasteiger partial charge is 0.313 e. The summed E-state index contributed by atoms with van der Waals surface area (Å²) in [7, 11) is 0. The summed E-state index contributed by atoms with van der Waals surface area (Å²) >= 11 is 9.51. The van der Waals surface area contributed by atoms with E-state index in [9.17, 15) is 0 Å². The van der Waals surface area contributed by atoms with Gasteiger partial charge in [0.25, 0.3) is 0 Å². The summed E-state index contributed by atoms with van der Waals surface area (Å²) in [4.78, 5) is 0. The van der Waals surface area contributed by atoms with Crippen molar-refractivity contribution in [3.63, 3.8) is 0 Å². The molecule has 0 heterocycles. The molecule has 2 rings (SSSR count). The molecule has 0 saturated heterocycles. The van der Waals surface area contributed by atoms with Crippen LogP contribution >= 0.6 is 27.5 Å². The molecule has 0 aromatic heterocycles. The molecule has 0 amide bonds. The third-order valence-electron chi connectivity index (χ3n) is 2.76. The molecule has 1 aliphatic carbocycles. The summed E-state index contributed by atoms with van der Waals surface area (Å²) in [6.45, 7) is 1.98. The van der Waals surface area contributed by atoms with Crippen molar-refractivity contribution in [2.45, 2.75) is 25.8 Å². The molecule has 82 valence electrons. The highest BCUT2D eigenvalue weighted by Gasteiger charge is 2.19. The summed E-state index contributed by atoms with van der Waals surface area (Å²) in [5, 5.41) is 4.27. The molecule has 1 N–H and O–H groups in total. The predicted molar refractivity (Wildman–Crippen MR) is 68.2 cm³/mol. The Hall–Kier alpha value is -0.0500. The van der Waals surface area contributed by atoms with E-state index in [0.29, 0.717) is 0 Å². The maximum Gasteiger partial charge on any atom is 0.0462 e. The van der Waals surface area contributed by atoms with Crippen molar-refractivity contribution >= 4 is 27.5 Å². The highest BCUT2D eigenvalue weighted by atomic mass is 79.9. The lowest BCUT2D eigenvalue weighted by molar-refractivity contribution is 0.613. The van der Waals surface area contributed by atoms with E-state index in [4.69, 9.17) is 11.6 Å². The maximum absolute atomic E-state index is 6.11. The molecule has 1 aromatic rings. The van der Waals surface area contributed by atoms with Crippen LogP contribution in [-0.2, 0) is 6.54 Å². The van der Waals surface area contributed by atoms with Crippen molar-refractivity contribution < 1.29 is 0 Å². The van der Waals surface area contributed by atoms with E-state index >= 15 is 0 Å². The number of rotatable bonds is 5. The SMILES string of the molecule is Clc1cc(Br)ccc1CNCCC1CC1. The first-order valence-corrected chi connectivity index (χ1v) is 6.57. The lowest BCUT2D eigenvalue weighted by Gasteiger charge is -2.06. The summed E-state index contributed by atoms with van der Waals surface area (Å²) in [6, 6.07) is 6.04. The molecule has 0 aliphatic heterocycles. The van der Waals surface area contributed by atoms with Crippen LogP contribution in [0.5, 0.6) is 0 Å². The molecule has 0 radical (unpaired) electrons. The molecule has 1 nitrogen and oxygen atoms in total. The average Bonchev–Trinajstić information content (AvgIpc) is 2.99. The van der Waals surface area contributed by atoms with Gasteiger partial charge < -0.3 is 5.32 Å². The molecule has 0 spiro atoms. The fourth-order valence-electron chi connectivity index (χ4n) is 1.60. The number of nitrogens with one attached hydrogen (secondary N) is 1. The first-order chi connectivity index (χ1) is 7.25. The highest BCUT2D eigenvalue weighted by molar-refractivity contribution is 9.10. The first-order valence-electron chi connectivity index (χ1n) is 5.40. The molecule has 0 bridgehead atoms. The normalized spacial score (nSPS) is 15.6. The van der Waals surface area contributed by atoms with Gasteiger partial charge in [-0.15, -0.1) is 0 Å². The van der Waals surface area contributed by atoms with Crippen molar-refractivity contribution in [3.8, 4) is 0 Å². The van der Waals surface area contributed by atoms with E-state index in [0.717, 1.165) is 28.5 Å². The van der Waals surface area contributed by atoms with E-state index in [1.54, 1.807) is 0 Å². The Labute approximate surface area is 104 Å². The Morgan fingerprint density at radius 3 is 2.87 bits per heavy atom. The second-order valence-corrected chi connectivity index (χ2v) is 5.47. The zero-order chi connectivity index (χ0) is 10.7. The second-order valence-electron chi connectivity index (χ2n) is 4.14. The Bertz CT molecular complexity index is 336. The van der Waals surface area contributed by atoms with E-state index in [2.05, 4.69) is 27.3 Å². The zero-order valence-corrected chi connectivity index (χ0v) is 10.9. The summed E-state index contributed by atoms with van der Waals surface area (Å²) in [5.41, 5.74) is 1.18. The van der Waals surface area contributed by atoms with Crippen LogP contribution in [0.25, 0.3) is 0 Å². The number of hydrogen-bond acceptors (Lipinski definition) is 1. The van der Waals surface area contributed by atoms with Crippen LogP contribution in [-0.4, -0.2) is 6.54 Å². The van der Waals surface area contributed by atoms with Gasteiger partial charge in [0.05, 0.1) is 0 Å². The molecule has 1 aliphatic rings. The monoisotopic (exact) mass is 287 g/mol. The second kappa shape index (κ2) is 5.33. The number of benzene rings is 1. The van der Waals surface area contributed by atoms with Crippen LogP contribution in [0.4, 0.5) is 0 Å². The fourth-order valence-corrected chi connectivity index (χ4v) is 2.34. The molecule has 1 fully saturated rings. The van der Waals surface area contributed by atoms with E-state index in [1.165, 1.54) is 24.8 Å². The van der Waals surface area contributed by atoms with Gasteiger partial charge in [-0.05, 0) is 36.6 Å². The third kappa shape index (κ3) is 3.78. The van der Waals surface area contributed by atoms with Crippen molar-refractivity contribution in [2.75, 3.05) is 6.54 Å². The van der Waals surface area contributed by atoms with E-state index in [-0.39, 0.29) is 0 Å². The Balaban J connectivity index is 1.76. The van der Waals surface area contributed by atoms with Crippen LogP contribution in [0.1, 0.15) is 24.8 Å². The predicted octanol–water partition coefficient (Wildman–Crippen LogP) is 3.99. The van der Waals surface area contributed by atoms with Gasteiger partial charge in [-0.25, -0.2) is 0 Å². The van der Waals surface area contributed by atoms with Gasteiger partial charge in [0.15, 0.2) is 0 Å². The summed E-state index contributed by atoms with van der Waals surface area (Å²) in [6.07, 6.45) is 4.18. The average molecular weight is 289 g/mol. The minimum absolute atomic E-state index is 0.836. The van der Waals surface area contributed by atoms with Gasteiger partial charge in [-0.1, -0.05) is 46.4 Å². The Kier molecular flexibility index (Phi) is 4.06. The van der Waals surface area contributed by atoms with Crippen LogP contribution in [0.2, 0.25) is 5.02 Å². The highest BCUT2D eigenvalue weighted by Crippen LogP contribution is 2.31. The Morgan fingerprint density at radius 2 is 2.20 bits per heavy atom. The standard InChI is InChI=1S/C12H15BrClN/c13-11-4-3-10(12(14)7-11)8-15-6-5-9-1-2-9/h3-4,7,9,15H,1-2,5-6,8H2. The van der Waals surface area contributed by atoms with Crippen molar-refractivity contribution in [1.29, 1.82) is 0 Å². The van der Waals surface area contributed by atoms with Crippen molar-refractivity contribution in [3.05, 3.63) is 33.3 Å². The van der Waals surface area contributed by atoms with Gasteiger partial charge in [0, 0.05) is 16.0 Å². The van der Waals surface area contributed by atoms with Gasteiger partial charge in [-0.3, -0.25) is 0 Å². The number of halogens is 2. The van der Waals surface area contributed by atoms with Gasteiger partial charge in [0.1, 0.15) is 0 Å². The third-order valence-corrected chi connectivity index (χ3v) is 3.60. The molecular weight excluding hydrogens is 273 g/mol. The summed E-state index contributed by atoms with van der Waals surface area (Å²) in [5.74, 6) is 0.998. The topological polar surface area (TPSA) is 12.0 Å². The molecule has 0 atom stereocenters. The first kappa shape index (κ1) is 11.4. The van der Waals surface area contributed by atoms with Gasteiger partial charge >= 0.3 is 0 Å². The fraction of sp³-hybridized carbons (Fsp3) is 0.500. The van der Waals surface area contributed by atoms with Crippen LogP contribution in [0.15, 0.2) is 22.7 Å². The summed E-state index contributed by atoms with van der Waals surface area (Å²) < 4.78 is 1.04. The van der Waals surface area contributed by atoms with Gasteiger partial charge in [-0.2, -0.15) is 0 Å². The minimum atomic E-state index is 0.836. The molecular formula is C12H15BrClN.